The molecule has 0 aliphatic heterocycles. The SMILES string of the molecule is CCCNc1nccc(N(CC)CCC)n1. The lowest BCUT2D eigenvalue weighted by Gasteiger charge is -2.21. The third kappa shape index (κ3) is 3.68. The van der Waals surface area contributed by atoms with Crippen molar-refractivity contribution >= 4 is 11.8 Å². The molecule has 1 N–H and O–H groups in total. The van der Waals surface area contributed by atoms with Gasteiger partial charge in [-0.25, -0.2) is 4.98 Å². The van der Waals surface area contributed by atoms with Gasteiger partial charge in [-0.15, -0.1) is 0 Å². The third-order valence-electron chi connectivity index (χ3n) is 2.37. The maximum atomic E-state index is 4.50. The van der Waals surface area contributed by atoms with Gasteiger partial charge in [-0.2, -0.15) is 4.98 Å². The van der Waals surface area contributed by atoms with Crippen molar-refractivity contribution in [2.75, 3.05) is 29.9 Å². The molecule has 0 fully saturated rings. The summed E-state index contributed by atoms with van der Waals surface area (Å²) in [5, 5.41) is 3.21. The number of hydrogen-bond acceptors (Lipinski definition) is 4. The van der Waals surface area contributed by atoms with Crippen LogP contribution in [-0.2, 0) is 0 Å². The number of hydrogen-bond donors (Lipinski definition) is 1. The Balaban J connectivity index is 2.71. The first-order valence-corrected chi connectivity index (χ1v) is 6.13. The maximum absolute atomic E-state index is 4.50. The van der Waals surface area contributed by atoms with E-state index in [0.717, 1.165) is 44.2 Å². The second kappa shape index (κ2) is 7.04. The molecule has 0 aliphatic rings. The highest BCUT2D eigenvalue weighted by atomic mass is 15.2. The van der Waals surface area contributed by atoms with Gasteiger partial charge in [-0.3, -0.25) is 0 Å². The highest BCUT2D eigenvalue weighted by Crippen LogP contribution is 2.12. The van der Waals surface area contributed by atoms with Gasteiger partial charge in [0, 0.05) is 25.8 Å². The van der Waals surface area contributed by atoms with Crippen LogP contribution in [0, 0.1) is 0 Å². The zero-order valence-electron chi connectivity index (χ0n) is 10.5. The molecular weight excluding hydrogens is 200 g/mol. The molecule has 0 aromatic carbocycles. The molecule has 0 amide bonds. The summed E-state index contributed by atoms with van der Waals surface area (Å²) in [6, 6.07) is 1.97. The second-order valence-electron chi connectivity index (χ2n) is 3.74. The van der Waals surface area contributed by atoms with Crippen LogP contribution in [-0.4, -0.2) is 29.6 Å². The van der Waals surface area contributed by atoms with E-state index in [1.165, 1.54) is 0 Å². The lowest BCUT2D eigenvalue weighted by atomic mass is 10.4. The van der Waals surface area contributed by atoms with E-state index in [9.17, 15) is 0 Å². The monoisotopic (exact) mass is 222 g/mol. The Bertz CT molecular complexity index is 301. The summed E-state index contributed by atoms with van der Waals surface area (Å²) in [7, 11) is 0. The molecule has 0 saturated heterocycles. The normalized spacial score (nSPS) is 10.2. The molecular formula is C12H22N4. The first kappa shape index (κ1) is 12.7. The van der Waals surface area contributed by atoms with Gasteiger partial charge in [-0.05, 0) is 25.8 Å². The average molecular weight is 222 g/mol. The van der Waals surface area contributed by atoms with Crippen LogP contribution in [0.2, 0.25) is 0 Å². The fourth-order valence-electron chi connectivity index (χ4n) is 1.55. The fourth-order valence-corrected chi connectivity index (χ4v) is 1.55. The van der Waals surface area contributed by atoms with Crippen LogP contribution >= 0.6 is 0 Å². The summed E-state index contributed by atoms with van der Waals surface area (Å²) in [5.41, 5.74) is 0. The van der Waals surface area contributed by atoms with Crippen LogP contribution in [0.1, 0.15) is 33.6 Å². The molecule has 1 aromatic rings. The minimum Gasteiger partial charge on any atom is -0.357 e. The molecule has 1 rings (SSSR count). The molecule has 0 bridgehead atoms. The zero-order chi connectivity index (χ0) is 11.8. The molecule has 0 saturated carbocycles. The van der Waals surface area contributed by atoms with Gasteiger partial charge >= 0.3 is 0 Å². The standard InChI is InChI=1S/C12H22N4/c1-4-8-13-12-14-9-7-11(15-12)16(6-3)10-5-2/h7,9H,4-6,8,10H2,1-3H3,(H,13,14,15). The smallest absolute Gasteiger partial charge is 0.224 e. The van der Waals surface area contributed by atoms with Crippen LogP contribution in [0.5, 0.6) is 0 Å². The topological polar surface area (TPSA) is 41.1 Å². The zero-order valence-corrected chi connectivity index (χ0v) is 10.5. The molecule has 0 aliphatic carbocycles. The number of rotatable bonds is 7. The van der Waals surface area contributed by atoms with Crippen molar-refractivity contribution in [3.63, 3.8) is 0 Å². The Hall–Kier alpha value is -1.32. The Kier molecular flexibility index (Phi) is 5.61. The van der Waals surface area contributed by atoms with Crippen LogP contribution in [0.25, 0.3) is 0 Å². The van der Waals surface area contributed by atoms with Crippen molar-refractivity contribution in [3.05, 3.63) is 12.3 Å². The summed E-state index contributed by atoms with van der Waals surface area (Å²) in [6.07, 6.45) is 4.04. The highest BCUT2D eigenvalue weighted by molar-refractivity contribution is 5.42. The minimum absolute atomic E-state index is 0.730. The first-order chi connectivity index (χ1) is 7.81. The Labute approximate surface area is 98.1 Å². The fraction of sp³-hybridized carbons (Fsp3) is 0.667. The highest BCUT2D eigenvalue weighted by Gasteiger charge is 2.05. The summed E-state index contributed by atoms with van der Waals surface area (Å²) >= 11 is 0. The number of anilines is 2. The van der Waals surface area contributed by atoms with E-state index in [2.05, 4.69) is 41.0 Å². The van der Waals surface area contributed by atoms with E-state index in [-0.39, 0.29) is 0 Å². The minimum atomic E-state index is 0.730. The van der Waals surface area contributed by atoms with Gasteiger partial charge in [0.05, 0.1) is 0 Å². The Morgan fingerprint density at radius 1 is 1.25 bits per heavy atom. The maximum Gasteiger partial charge on any atom is 0.224 e. The lowest BCUT2D eigenvalue weighted by Crippen LogP contribution is -2.24. The summed E-state index contributed by atoms with van der Waals surface area (Å²) in [6.45, 7) is 9.41. The molecule has 4 heteroatoms. The number of nitrogens with zero attached hydrogens (tertiary/aromatic N) is 3. The molecule has 0 radical (unpaired) electrons. The summed E-state index contributed by atoms with van der Waals surface area (Å²) < 4.78 is 0. The van der Waals surface area contributed by atoms with Crippen LogP contribution in [0.15, 0.2) is 12.3 Å². The predicted molar refractivity (Wildman–Crippen MR) is 69.0 cm³/mol. The van der Waals surface area contributed by atoms with Crippen molar-refractivity contribution in [2.45, 2.75) is 33.6 Å². The summed E-state index contributed by atoms with van der Waals surface area (Å²) in [5.74, 6) is 1.74. The lowest BCUT2D eigenvalue weighted by molar-refractivity contribution is 0.776. The molecule has 1 aromatic heterocycles. The second-order valence-corrected chi connectivity index (χ2v) is 3.74. The number of nitrogens with one attached hydrogen (secondary N) is 1. The molecule has 16 heavy (non-hydrogen) atoms. The first-order valence-electron chi connectivity index (χ1n) is 6.13. The van der Waals surface area contributed by atoms with E-state index >= 15 is 0 Å². The van der Waals surface area contributed by atoms with Crippen LogP contribution in [0.3, 0.4) is 0 Å². The Morgan fingerprint density at radius 2 is 2.06 bits per heavy atom. The van der Waals surface area contributed by atoms with E-state index in [0.29, 0.717) is 0 Å². The van der Waals surface area contributed by atoms with Crippen molar-refractivity contribution in [1.82, 2.24) is 9.97 Å². The van der Waals surface area contributed by atoms with Crippen molar-refractivity contribution in [2.24, 2.45) is 0 Å². The van der Waals surface area contributed by atoms with Crippen molar-refractivity contribution in [3.8, 4) is 0 Å². The van der Waals surface area contributed by atoms with E-state index in [1.54, 1.807) is 0 Å². The third-order valence-corrected chi connectivity index (χ3v) is 2.37. The van der Waals surface area contributed by atoms with Crippen LogP contribution in [0.4, 0.5) is 11.8 Å². The molecule has 0 atom stereocenters. The molecule has 4 nitrogen and oxygen atoms in total. The molecule has 0 unspecified atom stereocenters. The number of aromatic nitrogens is 2. The average Bonchev–Trinajstić information content (AvgIpc) is 2.33. The Morgan fingerprint density at radius 3 is 2.69 bits per heavy atom. The van der Waals surface area contributed by atoms with E-state index in [4.69, 9.17) is 0 Å². The van der Waals surface area contributed by atoms with Crippen molar-refractivity contribution in [1.29, 1.82) is 0 Å². The van der Waals surface area contributed by atoms with E-state index in [1.807, 2.05) is 12.3 Å². The summed E-state index contributed by atoms with van der Waals surface area (Å²) in [4.78, 5) is 11.0. The van der Waals surface area contributed by atoms with Gasteiger partial charge in [0.1, 0.15) is 5.82 Å². The van der Waals surface area contributed by atoms with Gasteiger partial charge in [-0.1, -0.05) is 13.8 Å². The molecule has 90 valence electrons. The molecule has 1 heterocycles. The van der Waals surface area contributed by atoms with Gasteiger partial charge in [0.15, 0.2) is 0 Å². The quantitative estimate of drug-likeness (QED) is 0.769. The van der Waals surface area contributed by atoms with Gasteiger partial charge < -0.3 is 10.2 Å². The van der Waals surface area contributed by atoms with Crippen LogP contribution < -0.4 is 10.2 Å². The predicted octanol–water partition coefficient (Wildman–Crippen LogP) is 2.53. The van der Waals surface area contributed by atoms with Crippen molar-refractivity contribution < 1.29 is 0 Å². The van der Waals surface area contributed by atoms with Gasteiger partial charge in [0.25, 0.3) is 0 Å². The van der Waals surface area contributed by atoms with E-state index < -0.39 is 0 Å². The van der Waals surface area contributed by atoms with Gasteiger partial charge in [0.2, 0.25) is 5.95 Å². The molecule has 0 spiro atoms. The largest absolute Gasteiger partial charge is 0.357 e.